The first kappa shape index (κ1) is 16.1. The third-order valence-electron chi connectivity index (χ3n) is 3.10. The maximum atomic E-state index is 13.6. The van der Waals surface area contributed by atoms with Crippen molar-refractivity contribution in [2.75, 3.05) is 18.9 Å². The van der Waals surface area contributed by atoms with Crippen LogP contribution in [0.4, 0.5) is 9.39 Å². The van der Waals surface area contributed by atoms with E-state index < -0.39 is 5.91 Å². The summed E-state index contributed by atoms with van der Waals surface area (Å²) in [5.41, 5.74) is 6.08. The van der Waals surface area contributed by atoms with E-state index >= 15 is 0 Å². The standard InChI is InChI=1S/C15H16FN3O2S/c1-19(8-10-4-2-3-5-12(10)16)9-13(20)18-15-11(14(17)21)6-7-22-15/h2-7H,8-9H2,1H3,(H2,17,21)(H,18,20)/p+1. The topological polar surface area (TPSA) is 76.6 Å². The number of carbonyl (C=O) groups is 2. The molecule has 0 saturated carbocycles. The second kappa shape index (κ2) is 7.15. The Bertz CT molecular complexity index is 687. The largest absolute Gasteiger partial charge is 0.366 e. The average Bonchev–Trinajstić information content (AvgIpc) is 2.89. The number of halogens is 1. The maximum Gasteiger partial charge on any atom is 0.280 e. The van der Waals surface area contributed by atoms with E-state index in [0.717, 1.165) is 4.90 Å². The molecule has 1 atom stereocenters. The van der Waals surface area contributed by atoms with Gasteiger partial charge in [-0.15, -0.1) is 11.3 Å². The molecule has 0 aliphatic rings. The fraction of sp³-hybridized carbons (Fsp3) is 0.200. The van der Waals surface area contributed by atoms with Gasteiger partial charge in [-0.3, -0.25) is 9.59 Å². The van der Waals surface area contributed by atoms with Crippen molar-refractivity contribution in [1.82, 2.24) is 0 Å². The molecule has 116 valence electrons. The molecule has 0 bridgehead atoms. The van der Waals surface area contributed by atoms with Crippen molar-refractivity contribution in [2.45, 2.75) is 6.54 Å². The van der Waals surface area contributed by atoms with Crippen molar-refractivity contribution >= 4 is 28.2 Å². The predicted molar refractivity (Wildman–Crippen MR) is 83.3 cm³/mol. The summed E-state index contributed by atoms with van der Waals surface area (Å²) >= 11 is 1.24. The number of nitrogens with two attached hydrogens (primary N) is 1. The monoisotopic (exact) mass is 322 g/mol. The SMILES string of the molecule is C[NH+](CC(=O)Nc1sccc1C(N)=O)Cc1ccccc1F. The van der Waals surface area contributed by atoms with Gasteiger partial charge >= 0.3 is 0 Å². The zero-order valence-corrected chi connectivity index (χ0v) is 12.9. The van der Waals surface area contributed by atoms with Gasteiger partial charge < -0.3 is 16.0 Å². The van der Waals surface area contributed by atoms with Crippen LogP contribution < -0.4 is 16.0 Å². The lowest BCUT2D eigenvalue weighted by Crippen LogP contribution is -3.08. The van der Waals surface area contributed by atoms with Crippen LogP contribution in [-0.4, -0.2) is 25.4 Å². The summed E-state index contributed by atoms with van der Waals surface area (Å²) < 4.78 is 13.6. The van der Waals surface area contributed by atoms with Crippen molar-refractivity contribution in [3.63, 3.8) is 0 Å². The molecule has 2 rings (SSSR count). The number of thiophene rings is 1. The van der Waals surface area contributed by atoms with Crippen LogP contribution in [-0.2, 0) is 11.3 Å². The van der Waals surface area contributed by atoms with E-state index in [2.05, 4.69) is 5.32 Å². The van der Waals surface area contributed by atoms with Crippen molar-refractivity contribution in [3.8, 4) is 0 Å². The molecule has 7 heteroatoms. The molecular weight excluding hydrogens is 305 g/mol. The van der Waals surface area contributed by atoms with E-state index in [9.17, 15) is 14.0 Å². The zero-order valence-electron chi connectivity index (χ0n) is 12.1. The number of amides is 2. The molecule has 0 aliphatic carbocycles. The highest BCUT2D eigenvalue weighted by Crippen LogP contribution is 2.22. The lowest BCUT2D eigenvalue weighted by molar-refractivity contribution is -0.885. The Hall–Kier alpha value is -2.25. The highest BCUT2D eigenvalue weighted by molar-refractivity contribution is 7.14. The van der Waals surface area contributed by atoms with Crippen LogP contribution >= 0.6 is 11.3 Å². The number of benzene rings is 1. The van der Waals surface area contributed by atoms with Crippen LogP contribution in [0.5, 0.6) is 0 Å². The van der Waals surface area contributed by atoms with Gasteiger partial charge in [0, 0.05) is 5.56 Å². The van der Waals surface area contributed by atoms with Crippen LogP contribution in [0.2, 0.25) is 0 Å². The summed E-state index contributed by atoms with van der Waals surface area (Å²) in [6.07, 6.45) is 0. The molecule has 0 radical (unpaired) electrons. The van der Waals surface area contributed by atoms with Gasteiger partial charge in [0.15, 0.2) is 6.54 Å². The summed E-state index contributed by atoms with van der Waals surface area (Å²) in [5.74, 6) is -1.11. The first-order valence-corrected chi connectivity index (χ1v) is 7.57. The Labute approximate surface area is 131 Å². The number of anilines is 1. The molecule has 0 spiro atoms. The van der Waals surface area contributed by atoms with E-state index in [1.807, 2.05) is 0 Å². The summed E-state index contributed by atoms with van der Waals surface area (Å²) in [7, 11) is 1.80. The molecule has 1 unspecified atom stereocenters. The summed E-state index contributed by atoms with van der Waals surface area (Å²) in [6.45, 7) is 0.553. The smallest absolute Gasteiger partial charge is 0.280 e. The minimum absolute atomic E-state index is 0.157. The van der Waals surface area contributed by atoms with E-state index in [1.165, 1.54) is 17.4 Å². The van der Waals surface area contributed by atoms with Gasteiger partial charge in [0.25, 0.3) is 11.8 Å². The number of rotatable bonds is 6. The minimum atomic E-state index is -0.580. The number of carbonyl (C=O) groups excluding carboxylic acids is 2. The Kier molecular flexibility index (Phi) is 5.24. The number of likely N-dealkylation sites (N-methyl/N-ethyl adjacent to an activating group) is 1. The molecule has 0 aliphatic heterocycles. The third kappa shape index (κ3) is 4.12. The Morgan fingerprint density at radius 3 is 2.73 bits per heavy atom. The summed E-state index contributed by atoms with van der Waals surface area (Å²) in [4.78, 5) is 24.0. The van der Waals surface area contributed by atoms with Crippen molar-refractivity contribution in [2.24, 2.45) is 5.73 Å². The second-order valence-electron chi connectivity index (χ2n) is 4.98. The van der Waals surface area contributed by atoms with Crippen LogP contribution in [0.3, 0.4) is 0 Å². The van der Waals surface area contributed by atoms with Gasteiger partial charge in [-0.2, -0.15) is 0 Å². The Morgan fingerprint density at radius 1 is 1.32 bits per heavy atom. The number of nitrogens with one attached hydrogen (secondary N) is 2. The summed E-state index contributed by atoms with van der Waals surface area (Å²) in [5, 5.41) is 4.79. The first-order valence-electron chi connectivity index (χ1n) is 6.69. The molecule has 1 aromatic carbocycles. The van der Waals surface area contributed by atoms with Crippen LogP contribution in [0.25, 0.3) is 0 Å². The highest BCUT2D eigenvalue weighted by Gasteiger charge is 2.16. The molecule has 4 N–H and O–H groups in total. The number of hydrogen-bond donors (Lipinski definition) is 3. The number of hydrogen-bond acceptors (Lipinski definition) is 3. The molecule has 22 heavy (non-hydrogen) atoms. The Morgan fingerprint density at radius 2 is 2.05 bits per heavy atom. The molecule has 1 heterocycles. The quantitative estimate of drug-likeness (QED) is 0.730. The number of quaternary nitrogens is 1. The van der Waals surface area contributed by atoms with Crippen molar-refractivity contribution in [1.29, 1.82) is 0 Å². The minimum Gasteiger partial charge on any atom is -0.366 e. The molecule has 2 amide bonds. The fourth-order valence-corrected chi connectivity index (χ4v) is 2.88. The fourth-order valence-electron chi connectivity index (χ4n) is 2.07. The zero-order chi connectivity index (χ0) is 16.1. The number of primary amides is 1. The third-order valence-corrected chi connectivity index (χ3v) is 3.93. The van der Waals surface area contributed by atoms with Gasteiger partial charge in [-0.1, -0.05) is 18.2 Å². The summed E-state index contributed by atoms with van der Waals surface area (Å²) in [6, 6.07) is 8.05. The normalized spacial score (nSPS) is 11.9. The average molecular weight is 322 g/mol. The predicted octanol–water partition coefficient (Wildman–Crippen LogP) is 0.639. The Balaban J connectivity index is 1.93. The molecule has 2 aromatic rings. The molecular formula is C15H17FN3O2S+. The van der Waals surface area contributed by atoms with Crippen molar-refractivity contribution < 1.29 is 18.9 Å². The van der Waals surface area contributed by atoms with Crippen LogP contribution in [0, 0.1) is 5.82 Å². The van der Waals surface area contributed by atoms with Crippen LogP contribution in [0.1, 0.15) is 15.9 Å². The highest BCUT2D eigenvalue weighted by atomic mass is 32.1. The van der Waals surface area contributed by atoms with Crippen molar-refractivity contribution in [3.05, 3.63) is 52.7 Å². The maximum absolute atomic E-state index is 13.6. The van der Waals surface area contributed by atoms with Gasteiger partial charge in [0.05, 0.1) is 12.6 Å². The molecule has 5 nitrogen and oxygen atoms in total. The molecule has 0 fully saturated rings. The van der Waals surface area contributed by atoms with Gasteiger partial charge in [0.2, 0.25) is 0 Å². The van der Waals surface area contributed by atoms with Gasteiger partial charge in [-0.25, -0.2) is 4.39 Å². The van der Waals surface area contributed by atoms with E-state index in [4.69, 9.17) is 5.73 Å². The van der Waals surface area contributed by atoms with E-state index in [1.54, 1.807) is 36.7 Å². The van der Waals surface area contributed by atoms with Gasteiger partial charge in [0.1, 0.15) is 17.4 Å². The van der Waals surface area contributed by atoms with Crippen LogP contribution in [0.15, 0.2) is 35.7 Å². The lowest BCUT2D eigenvalue weighted by atomic mass is 10.2. The lowest BCUT2D eigenvalue weighted by Gasteiger charge is -2.14. The van der Waals surface area contributed by atoms with Gasteiger partial charge in [-0.05, 0) is 17.5 Å². The first-order chi connectivity index (χ1) is 10.5. The van der Waals surface area contributed by atoms with E-state index in [-0.39, 0.29) is 18.3 Å². The molecule has 1 aromatic heterocycles. The second-order valence-corrected chi connectivity index (χ2v) is 5.89. The van der Waals surface area contributed by atoms with E-state index in [0.29, 0.717) is 22.7 Å². The molecule has 0 saturated heterocycles.